The van der Waals surface area contributed by atoms with E-state index in [0.717, 1.165) is 4.47 Å². The van der Waals surface area contributed by atoms with Gasteiger partial charge in [0.1, 0.15) is 6.07 Å². The van der Waals surface area contributed by atoms with E-state index in [-0.39, 0.29) is 23.6 Å². The topological polar surface area (TPSA) is 108 Å². The number of nitrogens with zero attached hydrogens (tertiary/aromatic N) is 2. The zero-order chi connectivity index (χ0) is 17.5. The molecule has 2 rings (SSSR count). The Morgan fingerprint density at radius 1 is 1.25 bits per heavy atom. The maximum absolute atomic E-state index is 11.9. The van der Waals surface area contributed by atoms with Crippen molar-refractivity contribution in [3.63, 3.8) is 0 Å². The molecule has 0 saturated carbocycles. The molecule has 0 atom stereocenters. The van der Waals surface area contributed by atoms with Crippen LogP contribution in [-0.4, -0.2) is 17.4 Å². The second kappa shape index (κ2) is 8.08. The van der Waals surface area contributed by atoms with Gasteiger partial charge < -0.3 is 10.6 Å². The van der Waals surface area contributed by atoms with E-state index in [2.05, 4.69) is 26.6 Å². The van der Waals surface area contributed by atoms with Gasteiger partial charge in [-0.1, -0.05) is 15.9 Å². The third-order valence-corrected chi connectivity index (χ3v) is 3.66. The standard InChI is InChI=1S/C16H13BrN4O3/c17-12-1-3-13(4-2-12)20-16(22)7-8-19-15-6-5-14(21(23)24)9-11(15)10-18/h1-6,9,19H,7-8H2,(H,20,22). The average molecular weight is 389 g/mol. The Kier molecular flexibility index (Phi) is 5.87. The first-order valence-corrected chi connectivity index (χ1v) is 7.76. The molecule has 0 aromatic heterocycles. The summed E-state index contributed by atoms with van der Waals surface area (Å²) in [5.41, 5.74) is 1.17. The van der Waals surface area contributed by atoms with Crippen LogP contribution in [0, 0.1) is 21.4 Å². The first-order chi connectivity index (χ1) is 11.5. The van der Waals surface area contributed by atoms with Crippen LogP contribution in [0.25, 0.3) is 0 Å². The lowest BCUT2D eigenvalue weighted by Crippen LogP contribution is -2.16. The summed E-state index contributed by atoms with van der Waals surface area (Å²) in [6.07, 6.45) is 0.192. The predicted octanol–water partition coefficient (Wildman–Crippen LogP) is 3.67. The van der Waals surface area contributed by atoms with Crippen molar-refractivity contribution in [2.45, 2.75) is 6.42 Å². The summed E-state index contributed by atoms with van der Waals surface area (Å²) in [6.45, 7) is 0.300. The largest absolute Gasteiger partial charge is 0.383 e. The number of benzene rings is 2. The fourth-order valence-electron chi connectivity index (χ4n) is 1.96. The minimum absolute atomic E-state index is 0.148. The fraction of sp³-hybridized carbons (Fsp3) is 0.125. The van der Waals surface area contributed by atoms with Crippen LogP contribution in [0.1, 0.15) is 12.0 Å². The Morgan fingerprint density at radius 2 is 1.96 bits per heavy atom. The maximum atomic E-state index is 11.9. The molecule has 8 heteroatoms. The van der Waals surface area contributed by atoms with E-state index >= 15 is 0 Å². The Labute approximate surface area is 146 Å². The Balaban J connectivity index is 1.89. The number of hydrogen-bond acceptors (Lipinski definition) is 5. The minimum atomic E-state index is -0.559. The van der Waals surface area contributed by atoms with E-state index in [9.17, 15) is 14.9 Å². The summed E-state index contributed by atoms with van der Waals surface area (Å²) in [5.74, 6) is -0.176. The number of halogens is 1. The molecule has 0 aliphatic carbocycles. The monoisotopic (exact) mass is 388 g/mol. The maximum Gasteiger partial charge on any atom is 0.270 e. The molecule has 2 aromatic rings. The third kappa shape index (κ3) is 4.79. The zero-order valence-electron chi connectivity index (χ0n) is 12.5. The van der Waals surface area contributed by atoms with E-state index in [1.807, 2.05) is 18.2 Å². The van der Waals surface area contributed by atoms with Crippen molar-refractivity contribution in [3.05, 3.63) is 62.6 Å². The number of nitriles is 1. The number of rotatable bonds is 6. The highest BCUT2D eigenvalue weighted by atomic mass is 79.9. The van der Waals surface area contributed by atoms with Crippen LogP contribution in [0.2, 0.25) is 0 Å². The van der Waals surface area contributed by atoms with Crippen LogP contribution in [0.3, 0.4) is 0 Å². The molecule has 0 saturated heterocycles. The van der Waals surface area contributed by atoms with Crippen LogP contribution < -0.4 is 10.6 Å². The van der Waals surface area contributed by atoms with E-state index in [1.165, 1.54) is 18.2 Å². The summed E-state index contributed by atoms with van der Waals surface area (Å²) in [6, 6.07) is 13.1. The van der Waals surface area contributed by atoms with Crippen LogP contribution in [0.4, 0.5) is 17.1 Å². The number of non-ortho nitro benzene ring substituents is 1. The molecule has 0 aliphatic rings. The Morgan fingerprint density at radius 3 is 2.58 bits per heavy atom. The van der Waals surface area contributed by atoms with Gasteiger partial charge in [-0.05, 0) is 30.3 Å². The van der Waals surface area contributed by atoms with Gasteiger partial charge in [-0.25, -0.2) is 0 Å². The molecular weight excluding hydrogens is 376 g/mol. The van der Waals surface area contributed by atoms with Crippen LogP contribution in [-0.2, 0) is 4.79 Å². The number of carbonyl (C=O) groups is 1. The van der Waals surface area contributed by atoms with Crippen molar-refractivity contribution in [1.29, 1.82) is 5.26 Å². The number of nitrogens with one attached hydrogen (secondary N) is 2. The van der Waals surface area contributed by atoms with E-state index in [1.54, 1.807) is 12.1 Å². The normalized spacial score (nSPS) is 9.83. The summed E-state index contributed by atoms with van der Waals surface area (Å²) in [4.78, 5) is 22.0. The molecule has 2 aromatic carbocycles. The van der Waals surface area contributed by atoms with E-state index < -0.39 is 4.92 Å². The van der Waals surface area contributed by atoms with E-state index in [4.69, 9.17) is 5.26 Å². The molecule has 0 fully saturated rings. The summed E-state index contributed by atoms with van der Waals surface area (Å²) in [7, 11) is 0. The van der Waals surface area contributed by atoms with Crippen molar-refractivity contribution < 1.29 is 9.72 Å². The molecule has 24 heavy (non-hydrogen) atoms. The predicted molar refractivity (Wildman–Crippen MR) is 93.7 cm³/mol. The molecule has 1 amide bonds. The SMILES string of the molecule is N#Cc1cc([N+](=O)[O-])ccc1NCCC(=O)Nc1ccc(Br)cc1. The number of amides is 1. The van der Waals surface area contributed by atoms with Crippen molar-refractivity contribution >= 4 is 38.9 Å². The molecular formula is C16H13BrN4O3. The van der Waals surface area contributed by atoms with Crippen LogP contribution in [0.15, 0.2) is 46.9 Å². The lowest BCUT2D eigenvalue weighted by molar-refractivity contribution is -0.384. The zero-order valence-corrected chi connectivity index (χ0v) is 14.0. The van der Waals surface area contributed by atoms with Gasteiger partial charge in [-0.15, -0.1) is 0 Å². The van der Waals surface area contributed by atoms with Gasteiger partial charge in [0.15, 0.2) is 0 Å². The van der Waals surface area contributed by atoms with Gasteiger partial charge >= 0.3 is 0 Å². The first kappa shape index (κ1) is 17.4. The highest BCUT2D eigenvalue weighted by Crippen LogP contribution is 2.21. The van der Waals surface area contributed by atoms with Gasteiger partial charge in [0.25, 0.3) is 5.69 Å². The highest BCUT2D eigenvalue weighted by Gasteiger charge is 2.10. The minimum Gasteiger partial charge on any atom is -0.383 e. The third-order valence-electron chi connectivity index (χ3n) is 3.13. The summed E-state index contributed by atoms with van der Waals surface area (Å²) in [5, 5.41) is 25.4. The molecule has 0 bridgehead atoms. The Bertz CT molecular complexity index is 800. The van der Waals surface area contributed by atoms with Gasteiger partial charge in [0.05, 0.1) is 16.2 Å². The fourth-order valence-corrected chi connectivity index (χ4v) is 2.22. The van der Waals surface area contributed by atoms with E-state index in [0.29, 0.717) is 17.9 Å². The second-order valence-corrected chi connectivity index (χ2v) is 5.75. The second-order valence-electron chi connectivity index (χ2n) is 4.83. The van der Waals surface area contributed by atoms with Crippen molar-refractivity contribution in [2.75, 3.05) is 17.2 Å². The van der Waals surface area contributed by atoms with Gasteiger partial charge in [0, 0.05) is 35.3 Å². The lowest BCUT2D eigenvalue weighted by atomic mass is 10.1. The average Bonchev–Trinajstić information content (AvgIpc) is 2.57. The van der Waals surface area contributed by atoms with Crippen LogP contribution in [0.5, 0.6) is 0 Å². The Hall–Kier alpha value is -2.92. The molecule has 0 radical (unpaired) electrons. The number of nitro benzene ring substituents is 1. The number of carbonyl (C=O) groups excluding carboxylic acids is 1. The van der Waals surface area contributed by atoms with Gasteiger partial charge in [-0.2, -0.15) is 5.26 Å². The van der Waals surface area contributed by atoms with Crippen molar-refractivity contribution in [2.24, 2.45) is 0 Å². The quantitative estimate of drug-likeness (QED) is 0.579. The number of nitro groups is 1. The number of anilines is 2. The van der Waals surface area contributed by atoms with Crippen molar-refractivity contribution in [1.82, 2.24) is 0 Å². The molecule has 0 spiro atoms. The van der Waals surface area contributed by atoms with Gasteiger partial charge in [0.2, 0.25) is 5.91 Å². The highest BCUT2D eigenvalue weighted by molar-refractivity contribution is 9.10. The summed E-state index contributed by atoms with van der Waals surface area (Å²) >= 11 is 3.32. The first-order valence-electron chi connectivity index (χ1n) is 6.97. The molecule has 0 heterocycles. The molecule has 0 unspecified atom stereocenters. The summed E-state index contributed by atoms with van der Waals surface area (Å²) < 4.78 is 0.921. The van der Waals surface area contributed by atoms with Crippen LogP contribution >= 0.6 is 15.9 Å². The molecule has 7 nitrogen and oxygen atoms in total. The molecule has 122 valence electrons. The lowest BCUT2D eigenvalue weighted by Gasteiger charge is -2.09. The smallest absolute Gasteiger partial charge is 0.270 e. The molecule has 0 aliphatic heterocycles. The van der Waals surface area contributed by atoms with Crippen molar-refractivity contribution in [3.8, 4) is 6.07 Å². The molecule has 2 N–H and O–H groups in total. The number of hydrogen-bond donors (Lipinski definition) is 2. The van der Waals surface area contributed by atoms with Gasteiger partial charge in [-0.3, -0.25) is 14.9 Å².